The molecule has 10 nitrogen and oxygen atoms in total. The zero-order valence-electron chi connectivity index (χ0n) is 25.0. The fourth-order valence-corrected chi connectivity index (χ4v) is 5.68. The molecule has 1 saturated heterocycles. The number of carbonyl (C=O) groups excluding carboxylic acids is 2. The molecule has 246 valence electrons. The highest BCUT2D eigenvalue weighted by atomic mass is 19.4. The van der Waals surface area contributed by atoms with Gasteiger partial charge in [-0.05, 0) is 36.2 Å². The Morgan fingerprint density at radius 2 is 1.70 bits per heavy atom. The molecule has 0 aliphatic carbocycles. The summed E-state index contributed by atoms with van der Waals surface area (Å²) in [5.41, 5.74) is -0.690. The summed E-state index contributed by atoms with van der Waals surface area (Å²) in [6.45, 7) is 0.971. The van der Waals surface area contributed by atoms with Crippen molar-refractivity contribution in [1.29, 1.82) is 0 Å². The maximum absolute atomic E-state index is 15.1. The molecule has 0 radical (unpaired) electrons. The van der Waals surface area contributed by atoms with Gasteiger partial charge in [0.25, 0.3) is 11.5 Å². The van der Waals surface area contributed by atoms with Crippen molar-refractivity contribution in [2.45, 2.75) is 51.1 Å². The number of Topliss-reactive ketones (excluding diaryl/α,β-unsaturated/α-hetero) is 1. The molecule has 1 fully saturated rings. The van der Waals surface area contributed by atoms with Gasteiger partial charge in [0.15, 0.2) is 5.78 Å². The number of anilines is 1. The second-order valence-corrected chi connectivity index (χ2v) is 11.0. The van der Waals surface area contributed by atoms with Crippen LogP contribution in [0.15, 0.2) is 46.0 Å². The van der Waals surface area contributed by atoms with E-state index in [-0.39, 0.29) is 38.3 Å². The Hall–Kier alpha value is -4.37. The highest BCUT2D eigenvalue weighted by molar-refractivity contribution is 5.98. The van der Waals surface area contributed by atoms with E-state index in [0.717, 1.165) is 9.47 Å². The number of benzene rings is 2. The van der Waals surface area contributed by atoms with Crippen LogP contribution in [0.4, 0.5) is 27.6 Å². The number of hydrogen-bond donors (Lipinski definition) is 1. The average molecular weight is 651 g/mol. The summed E-state index contributed by atoms with van der Waals surface area (Å²) in [5.74, 6) is -4.49. The molecule has 3 aromatic rings. The van der Waals surface area contributed by atoms with E-state index in [2.05, 4.69) is 5.32 Å². The molecule has 2 aliphatic rings. The molecule has 2 aromatic carbocycles. The van der Waals surface area contributed by atoms with Gasteiger partial charge in [0.05, 0.1) is 43.9 Å². The Morgan fingerprint density at radius 3 is 2.33 bits per heavy atom. The van der Waals surface area contributed by atoms with E-state index in [4.69, 9.17) is 9.47 Å². The summed E-state index contributed by atoms with van der Waals surface area (Å²) in [6.07, 6.45) is -4.48. The lowest BCUT2D eigenvalue weighted by molar-refractivity contribution is -0.167. The topological polar surface area (TPSA) is 112 Å². The van der Waals surface area contributed by atoms with Crippen molar-refractivity contribution in [3.8, 4) is 5.69 Å². The number of halogens is 5. The fraction of sp³-hybridized carbons (Fsp3) is 0.419. The van der Waals surface area contributed by atoms with Gasteiger partial charge in [-0.1, -0.05) is 19.1 Å². The zero-order valence-corrected chi connectivity index (χ0v) is 25.0. The van der Waals surface area contributed by atoms with Crippen LogP contribution in [0, 0.1) is 11.6 Å². The largest absolute Gasteiger partial charge is 0.411 e. The van der Waals surface area contributed by atoms with E-state index in [1.54, 1.807) is 26.1 Å². The molecule has 1 amide bonds. The lowest BCUT2D eigenvalue weighted by Gasteiger charge is -2.38. The monoisotopic (exact) mass is 650 g/mol. The quantitative estimate of drug-likeness (QED) is 0.374. The van der Waals surface area contributed by atoms with Gasteiger partial charge in [-0.25, -0.2) is 18.1 Å². The van der Waals surface area contributed by atoms with Crippen LogP contribution < -0.4 is 21.5 Å². The molecule has 2 aliphatic heterocycles. The summed E-state index contributed by atoms with van der Waals surface area (Å²) in [6, 6.07) is 4.10. The van der Waals surface area contributed by atoms with Crippen LogP contribution in [0.1, 0.15) is 40.5 Å². The Bertz CT molecular complexity index is 1750. The minimum Gasteiger partial charge on any atom is -0.377 e. The van der Waals surface area contributed by atoms with E-state index in [9.17, 15) is 32.3 Å². The van der Waals surface area contributed by atoms with Gasteiger partial charge in [0, 0.05) is 37.7 Å². The van der Waals surface area contributed by atoms with E-state index < -0.39 is 70.7 Å². The van der Waals surface area contributed by atoms with Crippen molar-refractivity contribution < 1.29 is 41.0 Å². The molecule has 1 N–H and O–H groups in total. The third-order valence-corrected chi connectivity index (χ3v) is 8.20. The van der Waals surface area contributed by atoms with E-state index in [1.807, 2.05) is 0 Å². The molecule has 3 heterocycles. The number of fused-ring (bicyclic) bond motifs is 1. The number of aromatic nitrogens is 2. The Morgan fingerprint density at radius 1 is 1.02 bits per heavy atom. The highest BCUT2D eigenvalue weighted by Crippen LogP contribution is 2.32. The fourth-order valence-electron chi connectivity index (χ4n) is 5.68. The lowest BCUT2D eigenvalue weighted by Crippen LogP contribution is -2.53. The first-order chi connectivity index (χ1) is 21.8. The number of amides is 1. The molecule has 0 saturated carbocycles. The Labute approximate surface area is 259 Å². The van der Waals surface area contributed by atoms with E-state index in [1.165, 1.54) is 16.7 Å². The standard InChI is InChI=1S/C31H31F5N4O6/c1-3-25(41)23(12-17-4-6-18(7-5-17)40-29(43)20-8-10-45-15-24(20)38(2)30(40)44)37-28(42)27-21(32)13-19(14-22(27)33)39-9-11-46-16-26(39)31(34,35)36/h4-7,13-14,23,26H,3,8-12,15-16H2,1-2H3,(H,37,42)/t23-,26+/m0/s1. The molecule has 0 unspecified atom stereocenters. The van der Waals surface area contributed by atoms with Crippen LogP contribution >= 0.6 is 0 Å². The van der Waals surface area contributed by atoms with Gasteiger partial charge < -0.3 is 19.7 Å². The number of rotatable bonds is 8. The molecule has 2 atom stereocenters. The number of carbonyl (C=O) groups is 2. The van der Waals surface area contributed by atoms with Crippen LogP contribution in [-0.2, 0) is 40.8 Å². The second-order valence-electron chi connectivity index (χ2n) is 11.0. The normalized spacial score (nSPS) is 17.4. The first kappa shape index (κ1) is 33.0. The predicted octanol–water partition coefficient (Wildman–Crippen LogP) is 2.97. The molecular formula is C31H31F5N4O6. The van der Waals surface area contributed by atoms with Crippen molar-refractivity contribution in [3.05, 3.63) is 91.3 Å². The predicted molar refractivity (Wildman–Crippen MR) is 155 cm³/mol. The average Bonchev–Trinajstić information content (AvgIpc) is 3.03. The summed E-state index contributed by atoms with van der Waals surface area (Å²) in [5, 5.41) is 2.35. The van der Waals surface area contributed by atoms with Crippen LogP contribution in [0.2, 0.25) is 0 Å². The summed E-state index contributed by atoms with van der Waals surface area (Å²) >= 11 is 0. The van der Waals surface area contributed by atoms with Gasteiger partial charge in [-0.15, -0.1) is 0 Å². The van der Waals surface area contributed by atoms with E-state index in [0.29, 0.717) is 42.0 Å². The highest BCUT2D eigenvalue weighted by Gasteiger charge is 2.46. The van der Waals surface area contributed by atoms with Crippen molar-refractivity contribution in [1.82, 2.24) is 14.5 Å². The van der Waals surface area contributed by atoms with Gasteiger partial charge >= 0.3 is 11.9 Å². The smallest absolute Gasteiger partial charge is 0.377 e. The molecule has 5 rings (SSSR count). The van der Waals surface area contributed by atoms with Gasteiger partial charge in [0.2, 0.25) is 0 Å². The number of nitrogens with zero attached hydrogens (tertiary/aromatic N) is 3. The Balaban J connectivity index is 1.36. The minimum atomic E-state index is -4.73. The van der Waals surface area contributed by atoms with Crippen molar-refractivity contribution in [2.75, 3.05) is 31.3 Å². The SMILES string of the molecule is CCC(=O)[C@H](Cc1ccc(-n2c(=O)c3c(n(C)c2=O)COCC3)cc1)NC(=O)c1c(F)cc(N2CCOC[C@@H]2C(F)(F)F)cc1F. The van der Waals surface area contributed by atoms with Crippen molar-refractivity contribution in [3.63, 3.8) is 0 Å². The summed E-state index contributed by atoms with van der Waals surface area (Å²) < 4.78 is 83.4. The summed E-state index contributed by atoms with van der Waals surface area (Å²) in [7, 11) is 1.55. The van der Waals surface area contributed by atoms with E-state index >= 15 is 8.78 Å². The number of nitrogens with one attached hydrogen (secondary N) is 1. The maximum Gasteiger partial charge on any atom is 0.411 e. The van der Waals surface area contributed by atoms with Gasteiger partial charge in [0.1, 0.15) is 23.2 Å². The minimum absolute atomic E-state index is 0.0208. The number of alkyl halides is 3. The Kier molecular flexibility index (Phi) is 9.44. The molecule has 0 bridgehead atoms. The summed E-state index contributed by atoms with van der Waals surface area (Å²) in [4.78, 5) is 52.7. The van der Waals surface area contributed by atoms with Crippen molar-refractivity contribution in [2.24, 2.45) is 7.05 Å². The van der Waals surface area contributed by atoms with Crippen molar-refractivity contribution >= 4 is 17.4 Å². The first-order valence-corrected chi connectivity index (χ1v) is 14.6. The van der Waals surface area contributed by atoms with Crippen LogP contribution in [0.25, 0.3) is 5.69 Å². The molecule has 0 spiro atoms. The number of ketones is 1. The van der Waals surface area contributed by atoms with Gasteiger partial charge in [-0.2, -0.15) is 13.2 Å². The first-order valence-electron chi connectivity index (χ1n) is 14.6. The number of hydrogen-bond acceptors (Lipinski definition) is 7. The van der Waals surface area contributed by atoms with Crippen LogP contribution in [0.5, 0.6) is 0 Å². The number of morpholine rings is 1. The maximum atomic E-state index is 15.1. The molecule has 15 heteroatoms. The number of ether oxygens (including phenoxy) is 2. The molecule has 46 heavy (non-hydrogen) atoms. The molecule has 1 aromatic heterocycles. The second kappa shape index (κ2) is 13.2. The van der Waals surface area contributed by atoms with Crippen LogP contribution in [-0.4, -0.2) is 65.5 Å². The third kappa shape index (κ3) is 6.47. The molecular weight excluding hydrogens is 619 g/mol. The van der Waals surface area contributed by atoms with Crippen LogP contribution in [0.3, 0.4) is 0 Å². The third-order valence-electron chi connectivity index (χ3n) is 8.20. The lowest BCUT2D eigenvalue weighted by atomic mass is 10.00. The van der Waals surface area contributed by atoms with Gasteiger partial charge in [-0.3, -0.25) is 19.0 Å². The zero-order chi connectivity index (χ0) is 33.3.